The molecule has 3 aromatic rings. The Labute approximate surface area is 158 Å². The number of carbonyl (C=O) groups excluding carboxylic acids is 1. The Morgan fingerprint density at radius 1 is 1.07 bits per heavy atom. The third-order valence-electron chi connectivity index (χ3n) is 4.18. The molecule has 1 aromatic heterocycles. The van der Waals surface area contributed by atoms with Crippen LogP contribution in [0.3, 0.4) is 0 Å². The first-order chi connectivity index (χ1) is 13.2. The Bertz CT molecular complexity index is 882. The highest BCUT2D eigenvalue weighted by molar-refractivity contribution is 6.04. The van der Waals surface area contributed by atoms with E-state index >= 15 is 0 Å². The number of rotatable bonds is 7. The quantitative estimate of drug-likeness (QED) is 0.698. The van der Waals surface area contributed by atoms with Crippen molar-refractivity contribution in [3.05, 3.63) is 78.1 Å². The summed E-state index contributed by atoms with van der Waals surface area (Å²) in [7, 11) is 3.38. The Morgan fingerprint density at radius 2 is 1.81 bits per heavy atom. The van der Waals surface area contributed by atoms with Gasteiger partial charge in [0.2, 0.25) is 5.95 Å². The van der Waals surface area contributed by atoms with Crippen LogP contribution in [0.4, 0.5) is 11.6 Å². The second-order valence-electron chi connectivity index (χ2n) is 5.99. The monoisotopic (exact) mass is 362 g/mol. The van der Waals surface area contributed by atoms with Gasteiger partial charge in [0.05, 0.1) is 7.11 Å². The van der Waals surface area contributed by atoms with E-state index < -0.39 is 0 Å². The maximum atomic E-state index is 12.6. The van der Waals surface area contributed by atoms with Gasteiger partial charge in [0.1, 0.15) is 11.4 Å². The summed E-state index contributed by atoms with van der Waals surface area (Å²) in [5, 5.41) is 3.17. The highest BCUT2D eigenvalue weighted by Gasteiger charge is 2.15. The maximum absolute atomic E-state index is 12.6. The zero-order chi connectivity index (χ0) is 19.1. The minimum atomic E-state index is -0.179. The number of methoxy groups -OCH3 is 1. The topological polar surface area (TPSA) is 67.3 Å². The van der Waals surface area contributed by atoms with Crippen molar-refractivity contribution < 1.29 is 9.53 Å². The van der Waals surface area contributed by atoms with E-state index in [4.69, 9.17) is 4.74 Å². The first kappa shape index (κ1) is 18.4. The molecule has 2 aromatic carbocycles. The van der Waals surface area contributed by atoms with Gasteiger partial charge in [-0.15, -0.1) is 0 Å². The number of para-hydroxylation sites is 1. The van der Waals surface area contributed by atoms with Crippen LogP contribution < -0.4 is 15.0 Å². The van der Waals surface area contributed by atoms with Crippen molar-refractivity contribution in [3.8, 4) is 5.75 Å². The molecule has 0 aliphatic heterocycles. The molecule has 0 unspecified atom stereocenters. The molecule has 138 valence electrons. The number of nitrogens with zero attached hydrogens (tertiary/aromatic N) is 3. The lowest BCUT2D eigenvalue weighted by Crippen LogP contribution is -2.27. The molecule has 0 aliphatic rings. The van der Waals surface area contributed by atoms with Gasteiger partial charge in [0, 0.05) is 25.5 Å². The maximum Gasteiger partial charge on any atom is 0.276 e. The molecule has 1 heterocycles. The first-order valence-corrected chi connectivity index (χ1v) is 8.70. The lowest BCUT2D eigenvalue weighted by molar-refractivity contribution is 0.0988. The molecule has 0 bridgehead atoms. The van der Waals surface area contributed by atoms with Gasteiger partial charge in [-0.3, -0.25) is 4.79 Å². The molecule has 3 rings (SSSR count). The van der Waals surface area contributed by atoms with Gasteiger partial charge in [-0.2, -0.15) is 0 Å². The second-order valence-corrected chi connectivity index (χ2v) is 5.99. The van der Waals surface area contributed by atoms with Crippen LogP contribution in [0, 0.1) is 0 Å². The Kier molecular flexibility index (Phi) is 5.99. The van der Waals surface area contributed by atoms with Crippen molar-refractivity contribution in [2.75, 3.05) is 30.9 Å². The minimum absolute atomic E-state index is 0.179. The molecule has 0 atom stereocenters. The Balaban J connectivity index is 1.60. The number of hydrogen-bond acceptors (Lipinski definition) is 5. The van der Waals surface area contributed by atoms with Crippen LogP contribution in [0.5, 0.6) is 5.75 Å². The zero-order valence-corrected chi connectivity index (χ0v) is 15.4. The molecule has 1 N–H and O–H groups in total. The summed E-state index contributed by atoms with van der Waals surface area (Å²) in [6.07, 6.45) is 2.41. The number of carbonyl (C=O) groups is 1. The number of aromatic nitrogens is 2. The number of benzene rings is 2. The fourth-order valence-electron chi connectivity index (χ4n) is 2.61. The zero-order valence-electron chi connectivity index (χ0n) is 15.4. The fraction of sp³-hybridized carbons (Fsp3) is 0.190. The van der Waals surface area contributed by atoms with Crippen LogP contribution >= 0.6 is 0 Å². The number of amides is 1. The fourth-order valence-corrected chi connectivity index (χ4v) is 2.61. The van der Waals surface area contributed by atoms with Crippen molar-refractivity contribution in [3.63, 3.8) is 0 Å². The lowest BCUT2D eigenvalue weighted by atomic mass is 10.1. The minimum Gasteiger partial charge on any atom is -0.497 e. The van der Waals surface area contributed by atoms with Crippen LogP contribution in [0.2, 0.25) is 0 Å². The van der Waals surface area contributed by atoms with E-state index in [2.05, 4.69) is 15.3 Å². The van der Waals surface area contributed by atoms with Gasteiger partial charge in [0.15, 0.2) is 0 Å². The van der Waals surface area contributed by atoms with Crippen molar-refractivity contribution in [2.45, 2.75) is 6.42 Å². The summed E-state index contributed by atoms with van der Waals surface area (Å²) in [4.78, 5) is 22.8. The third-order valence-corrected chi connectivity index (χ3v) is 4.18. The summed E-state index contributed by atoms with van der Waals surface area (Å²) < 4.78 is 5.16. The van der Waals surface area contributed by atoms with E-state index in [-0.39, 0.29) is 5.91 Å². The highest BCUT2D eigenvalue weighted by atomic mass is 16.5. The number of ether oxygens (including phenoxy) is 1. The van der Waals surface area contributed by atoms with E-state index in [0.29, 0.717) is 18.2 Å². The van der Waals surface area contributed by atoms with Crippen molar-refractivity contribution in [1.29, 1.82) is 0 Å². The van der Waals surface area contributed by atoms with Gasteiger partial charge in [-0.1, -0.05) is 30.3 Å². The number of hydrogen-bond donors (Lipinski definition) is 1. The molecule has 0 radical (unpaired) electrons. The molecule has 0 saturated carbocycles. The van der Waals surface area contributed by atoms with Gasteiger partial charge in [-0.05, 0) is 42.3 Å². The van der Waals surface area contributed by atoms with Gasteiger partial charge < -0.3 is 15.0 Å². The smallest absolute Gasteiger partial charge is 0.276 e. The lowest BCUT2D eigenvalue weighted by Gasteiger charge is -2.17. The summed E-state index contributed by atoms with van der Waals surface area (Å²) in [6.45, 7) is 0.665. The largest absolute Gasteiger partial charge is 0.497 e. The number of nitrogens with one attached hydrogen (secondary N) is 1. The molecule has 0 aliphatic carbocycles. The van der Waals surface area contributed by atoms with Crippen molar-refractivity contribution in [2.24, 2.45) is 0 Å². The number of anilines is 2. The molecule has 0 spiro atoms. The van der Waals surface area contributed by atoms with Gasteiger partial charge >= 0.3 is 0 Å². The summed E-state index contributed by atoms with van der Waals surface area (Å²) in [6, 6.07) is 19.0. The molecular weight excluding hydrogens is 340 g/mol. The van der Waals surface area contributed by atoms with E-state index in [1.165, 1.54) is 5.56 Å². The third kappa shape index (κ3) is 4.82. The van der Waals surface area contributed by atoms with E-state index in [1.54, 1.807) is 31.3 Å². The SMILES string of the molecule is COc1ccc(CCNc2nccc(C(=O)N(C)c3ccccc3)n2)cc1. The highest BCUT2D eigenvalue weighted by Crippen LogP contribution is 2.15. The van der Waals surface area contributed by atoms with Crippen LogP contribution in [0.15, 0.2) is 66.9 Å². The predicted molar refractivity (Wildman–Crippen MR) is 106 cm³/mol. The summed E-state index contributed by atoms with van der Waals surface area (Å²) in [5.74, 6) is 1.10. The summed E-state index contributed by atoms with van der Waals surface area (Å²) >= 11 is 0. The molecule has 6 nitrogen and oxygen atoms in total. The molecular formula is C21H22N4O2. The first-order valence-electron chi connectivity index (χ1n) is 8.70. The van der Waals surface area contributed by atoms with E-state index in [1.807, 2.05) is 54.6 Å². The molecule has 1 amide bonds. The van der Waals surface area contributed by atoms with Crippen LogP contribution in [0.1, 0.15) is 16.1 Å². The van der Waals surface area contributed by atoms with Crippen LogP contribution in [-0.2, 0) is 6.42 Å². The van der Waals surface area contributed by atoms with E-state index in [0.717, 1.165) is 17.9 Å². The average Bonchev–Trinajstić information content (AvgIpc) is 2.74. The van der Waals surface area contributed by atoms with Gasteiger partial charge in [-0.25, -0.2) is 9.97 Å². The molecule has 0 saturated heterocycles. The van der Waals surface area contributed by atoms with Crippen LogP contribution in [0.25, 0.3) is 0 Å². The van der Waals surface area contributed by atoms with Crippen molar-refractivity contribution in [1.82, 2.24) is 9.97 Å². The molecule has 6 heteroatoms. The van der Waals surface area contributed by atoms with E-state index in [9.17, 15) is 4.79 Å². The summed E-state index contributed by atoms with van der Waals surface area (Å²) in [5.41, 5.74) is 2.35. The Hall–Kier alpha value is -3.41. The van der Waals surface area contributed by atoms with Crippen molar-refractivity contribution >= 4 is 17.5 Å². The normalized spacial score (nSPS) is 10.3. The van der Waals surface area contributed by atoms with Gasteiger partial charge in [0.25, 0.3) is 5.91 Å². The molecule has 0 fully saturated rings. The van der Waals surface area contributed by atoms with Crippen LogP contribution in [-0.4, -0.2) is 36.6 Å². The average molecular weight is 362 g/mol. The second kappa shape index (κ2) is 8.80. The molecule has 27 heavy (non-hydrogen) atoms. The standard InChI is InChI=1S/C21H22N4O2/c1-25(17-6-4-3-5-7-17)20(26)19-13-15-23-21(24-19)22-14-12-16-8-10-18(27-2)11-9-16/h3-11,13,15H,12,14H2,1-2H3,(H,22,23,24). The predicted octanol–water partition coefficient (Wildman–Crippen LogP) is 3.42. The Morgan fingerprint density at radius 3 is 2.52 bits per heavy atom.